The molecule has 1 aliphatic rings. The Labute approximate surface area is 171 Å². The average Bonchev–Trinajstić information content (AvgIpc) is 3.16. The second kappa shape index (κ2) is 9.39. The van der Waals surface area contributed by atoms with Crippen LogP contribution in [0.3, 0.4) is 0 Å². The summed E-state index contributed by atoms with van der Waals surface area (Å²) in [4.78, 5) is 21.2. The second-order valence-corrected chi connectivity index (χ2v) is 7.13. The van der Waals surface area contributed by atoms with E-state index in [1.165, 1.54) is 5.69 Å². The first kappa shape index (κ1) is 19.2. The van der Waals surface area contributed by atoms with Crippen LogP contribution in [0, 0.1) is 0 Å². The van der Waals surface area contributed by atoms with Crippen molar-refractivity contribution < 1.29 is 9.53 Å². The number of hydrogen-bond acceptors (Lipinski definition) is 4. The smallest absolute Gasteiger partial charge is 0.224 e. The summed E-state index contributed by atoms with van der Waals surface area (Å²) in [6.45, 7) is 4.27. The fraction of sp³-hybridized carbons (Fsp3) is 0.304. The van der Waals surface area contributed by atoms with Crippen molar-refractivity contribution in [1.29, 1.82) is 0 Å². The Morgan fingerprint density at radius 2 is 1.79 bits per heavy atom. The molecule has 0 unspecified atom stereocenters. The van der Waals surface area contributed by atoms with Crippen LogP contribution in [0.15, 0.2) is 73.1 Å². The number of carbonyl (C=O) groups is 1. The first-order chi connectivity index (χ1) is 14.3. The minimum Gasteiger partial charge on any atom is -0.492 e. The highest BCUT2D eigenvalue weighted by molar-refractivity contribution is 5.76. The predicted molar refractivity (Wildman–Crippen MR) is 112 cm³/mol. The van der Waals surface area contributed by atoms with E-state index in [0.717, 1.165) is 37.7 Å². The van der Waals surface area contributed by atoms with Gasteiger partial charge in [0.1, 0.15) is 18.2 Å². The molecule has 1 saturated heterocycles. The molecule has 0 aliphatic carbocycles. The van der Waals surface area contributed by atoms with Gasteiger partial charge in [0, 0.05) is 50.7 Å². The van der Waals surface area contributed by atoms with E-state index in [4.69, 9.17) is 4.74 Å². The van der Waals surface area contributed by atoms with Gasteiger partial charge in [0.2, 0.25) is 5.91 Å². The normalized spacial score (nSPS) is 15.3. The number of rotatable bonds is 7. The Balaban J connectivity index is 1.32. The summed E-state index contributed by atoms with van der Waals surface area (Å²) < 4.78 is 7.87. The van der Waals surface area contributed by atoms with Crippen molar-refractivity contribution in [3.8, 4) is 11.6 Å². The van der Waals surface area contributed by atoms with Crippen LogP contribution >= 0.6 is 0 Å². The summed E-state index contributed by atoms with van der Waals surface area (Å²) in [6.07, 6.45) is 4.38. The van der Waals surface area contributed by atoms with Crippen molar-refractivity contribution in [2.75, 3.05) is 32.8 Å². The molecule has 2 aromatic heterocycles. The first-order valence-corrected chi connectivity index (χ1v) is 10.1. The van der Waals surface area contributed by atoms with Crippen molar-refractivity contribution in [3.05, 3.63) is 78.8 Å². The van der Waals surface area contributed by atoms with E-state index in [9.17, 15) is 4.79 Å². The zero-order valence-electron chi connectivity index (χ0n) is 16.5. The van der Waals surface area contributed by atoms with E-state index in [-0.39, 0.29) is 5.91 Å². The van der Waals surface area contributed by atoms with Gasteiger partial charge in [0.25, 0.3) is 0 Å². The van der Waals surface area contributed by atoms with E-state index in [1.54, 1.807) is 6.20 Å². The number of para-hydroxylation sites is 1. The molecule has 0 N–H and O–H groups in total. The van der Waals surface area contributed by atoms with Crippen LogP contribution in [0.5, 0.6) is 5.75 Å². The molecular formula is C23H26N4O2. The molecule has 0 spiro atoms. The van der Waals surface area contributed by atoms with Crippen LogP contribution in [0.2, 0.25) is 0 Å². The van der Waals surface area contributed by atoms with E-state index >= 15 is 0 Å². The van der Waals surface area contributed by atoms with Crippen LogP contribution in [-0.4, -0.2) is 58.0 Å². The van der Waals surface area contributed by atoms with Gasteiger partial charge in [0.15, 0.2) is 0 Å². The number of amides is 1. The fourth-order valence-corrected chi connectivity index (χ4v) is 3.59. The minimum absolute atomic E-state index is 0.198. The number of benzene rings is 1. The highest BCUT2D eigenvalue weighted by Crippen LogP contribution is 2.15. The van der Waals surface area contributed by atoms with Crippen molar-refractivity contribution in [1.82, 2.24) is 19.4 Å². The number of carbonyl (C=O) groups excluding carboxylic acids is 1. The van der Waals surface area contributed by atoms with Crippen molar-refractivity contribution in [2.24, 2.45) is 0 Å². The molecule has 1 aromatic carbocycles. The van der Waals surface area contributed by atoms with Gasteiger partial charge in [0.05, 0.1) is 6.54 Å². The molecule has 3 aromatic rings. The molecule has 0 radical (unpaired) electrons. The number of aromatic nitrogens is 2. The lowest BCUT2D eigenvalue weighted by atomic mass is 10.3. The van der Waals surface area contributed by atoms with Gasteiger partial charge in [-0.25, -0.2) is 4.98 Å². The lowest BCUT2D eigenvalue weighted by molar-refractivity contribution is -0.130. The van der Waals surface area contributed by atoms with Crippen molar-refractivity contribution in [2.45, 2.75) is 13.0 Å². The zero-order chi connectivity index (χ0) is 19.9. The minimum atomic E-state index is 0.198. The maximum absolute atomic E-state index is 12.5. The molecule has 6 heteroatoms. The Kier molecular flexibility index (Phi) is 6.22. The number of pyridine rings is 1. The van der Waals surface area contributed by atoms with Gasteiger partial charge >= 0.3 is 0 Å². The lowest BCUT2D eigenvalue weighted by Crippen LogP contribution is -2.36. The number of hydrogen-bond donors (Lipinski definition) is 0. The summed E-state index contributed by atoms with van der Waals surface area (Å²) in [5, 5.41) is 0. The Morgan fingerprint density at radius 3 is 2.62 bits per heavy atom. The third-order valence-electron chi connectivity index (χ3n) is 5.17. The monoisotopic (exact) mass is 390 g/mol. The van der Waals surface area contributed by atoms with E-state index in [1.807, 2.05) is 65.7 Å². The van der Waals surface area contributed by atoms with Gasteiger partial charge in [-0.2, -0.15) is 0 Å². The highest BCUT2D eigenvalue weighted by Gasteiger charge is 2.21. The van der Waals surface area contributed by atoms with E-state index in [0.29, 0.717) is 19.6 Å². The average molecular weight is 390 g/mol. The van der Waals surface area contributed by atoms with Gasteiger partial charge < -0.3 is 14.2 Å². The standard InChI is InChI=1S/C23H26N4O2/c28-23-11-14-25(15-16-26(23)17-18-29-21-8-2-1-3-9-21)19-20-7-6-13-27(20)22-10-4-5-12-24-22/h1-10,12-13H,11,14-19H2. The SMILES string of the molecule is O=C1CCN(Cc2cccn2-c2ccccn2)CCN1CCOc1ccccc1. The Bertz CT molecular complexity index is 911. The molecular weight excluding hydrogens is 364 g/mol. The molecule has 4 rings (SSSR count). The Hall–Kier alpha value is -3.12. The second-order valence-electron chi connectivity index (χ2n) is 7.13. The number of ether oxygens (including phenoxy) is 1. The molecule has 3 heterocycles. The molecule has 1 fully saturated rings. The van der Waals surface area contributed by atoms with Crippen molar-refractivity contribution >= 4 is 5.91 Å². The molecule has 0 atom stereocenters. The summed E-state index contributed by atoms with van der Waals surface area (Å²) >= 11 is 0. The van der Waals surface area contributed by atoms with Gasteiger partial charge in [-0.3, -0.25) is 9.69 Å². The zero-order valence-corrected chi connectivity index (χ0v) is 16.5. The topological polar surface area (TPSA) is 50.6 Å². The number of nitrogens with zero attached hydrogens (tertiary/aromatic N) is 4. The van der Waals surface area contributed by atoms with E-state index in [2.05, 4.69) is 20.5 Å². The van der Waals surface area contributed by atoms with Crippen LogP contribution in [0.1, 0.15) is 12.1 Å². The predicted octanol–water partition coefficient (Wildman–Crippen LogP) is 2.99. The maximum atomic E-state index is 12.5. The molecule has 1 aliphatic heterocycles. The van der Waals surface area contributed by atoms with Crippen molar-refractivity contribution in [3.63, 3.8) is 0 Å². The largest absolute Gasteiger partial charge is 0.492 e. The summed E-state index contributed by atoms with van der Waals surface area (Å²) in [6, 6.07) is 19.8. The van der Waals surface area contributed by atoms with Gasteiger partial charge in [-0.05, 0) is 36.4 Å². The quantitative estimate of drug-likeness (QED) is 0.622. The molecule has 29 heavy (non-hydrogen) atoms. The van der Waals surface area contributed by atoms with Crippen LogP contribution < -0.4 is 4.74 Å². The van der Waals surface area contributed by atoms with Crippen LogP contribution in [-0.2, 0) is 11.3 Å². The summed E-state index contributed by atoms with van der Waals surface area (Å²) in [5.41, 5.74) is 1.18. The molecule has 150 valence electrons. The van der Waals surface area contributed by atoms with Gasteiger partial charge in [-0.15, -0.1) is 0 Å². The molecule has 0 saturated carbocycles. The van der Waals surface area contributed by atoms with Gasteiger partial charge in [-0.1, -0.05) is 24.3 Å². The molecule has 6 nitrogen and oxygen atoms in total. The summed E-state index contributed by atoms with van der Waals surface area (Å²) in [7, 11) is 0. The lowest BCUT2D eigenvalue weighted by Gasteiger charge is -2.22. The molecule has 1 amide bonds. The fourth-order valence-electron chi connectivity index (χ4n) is 3.59. The van der Waals surface area contributed by atoms with Crippen LogP contribution in [0.25, 0.3) is 5.82 Å². The third-order valence-corrected chi connectivity index (χ3v) is 5.17. The summed E-state index contributed by atoms with van der Waals surface area (Å²) in [5.74, 6) is 1.95. The first-order valence-electron chi connectivity index (χ1n) is 10.1. The Morgan fingerprint density at radius 1 is 0.931 bits per heavy atom. The highest BCUT2D eigenvalue weighted by atomic mass is 16.5. The molecule has 0 bridgehead atoms. The van der Waals surface area contributed by atoms with E-state index < -0.39 is 0 Å². The third kappa shape index (κ3) is 5.03. The maximum Gasteiger partial charge on any atom is 0.224 e. The van der Waals surface area contributed by atoms with Crippen LogP contribution in [0.4, 0.5) is 0 Å².